The highest BCUT2D eigenvalue weighted by atomic mass is 31.2. The zero-order valence-electron chi connectivity index (χ0n) is 18.4. The third-order valence-electron chi connectivity index (χ3n) is 6.20. The largest absolute Gasteiger partial charge is 0.254 e. The molecule has 2 aliphatic rings. The quantitative estimate of drug-likeness (QED) is 0.297. The molecule has 2 fully saturated rings. The summed E-state index contributed by atoms with van der Waals surface area (Å²) in [6, 6.07) is 29.1. The smallest absolute Gasteiger partial charge is 0.132 e. The Labute approximate surface area is 191 Å². The number of nitrogens with zero attached hydrogens (tertiary/aromatic N) is 5. The van der Waals surface area contributed by atoms with Gasteiger partial charge >= 0.3 is 0 Å². The summed E-state index contributed by atoms with van der Waals surface area (Å²) in [7, 11) is -2.01. The highest BCUT2D eigenvalue weighted by Gasteiger charge is 2.39. The van der Waals surface area contributed by atoms with Crippen molar-refractivity contribution >= 4 is 29.7 Å². The minimum Gasteiger partial charge on any atom is -0.254 e. The van der Waals surface area contributed by atoms with Crippen LogP contribution in [-0.2, 0) is 0 Å². The molecule has 6 heteroatoms. The Bertz CT molecular complexity index is 1060. The molecule has 0 aromatic heterocycles. The first-order chi connectivity index (χ1) is 15.8. The first-order valence-electron chi connectivity index (χ1n) is 11.6. The number of azo groups is 1. The Balaban J connectivity index is 1.54. The summed E-state index contributed by atoms with van der Waals surface area (Å²) in [5.74, 6) is 0. The van der Waals surface area contributed by atoms with Crippen LogP contribution >= 0.6 is 7.36 Å². The van der Waals surface area contributed by atoms with Gasteiger partial charge in [0.15, 0.2) is 0 Å². The maximum absolute atomic E-state index is 5.57. The molecule has 0 radical (unpaired) electrons. The molecule has 2 heterocycles. The molecule has 2 saturated heterocycles. The van der Waals surface area contributed by atoms with Crippen molar-refractivity contribution in [3.05, 3.63) is 84.9 Å². The van der Waals surface area contributed by atoms with Crippen LogP contribution in [0, 0.1) is 0 Å². The molecule has 5 nitrogen and oxygen atoms in total. The van der Waals surface area contributed by atoms with Crippen LogP contribution < -0.4 is 5.30 Å². The SMILES string of the molecule is c1ccc(N=Nc2ccc(N=P(c3ccccc3)(N3CCCC3)N3CCCC3)cc2)cc1. The Morgan fingerprint density at radius 1 is 0.500 bits per heavy atom. The monoisotopic (exact) mass is 443 g/mol. The van der Waals surface area contributed by atoms with E-state index in [1.165, 1.54) is 31.0 Å². The molecule has 3 aromatic rings. The molecule has 0 aliphatic carbocycles. The Hall–Kier alpha value is -2.59. The summed E-state index contributed by atoms with van der Waals surface area (Å²) < 4.78 is 11.0. The number of rotatable bonds is 6. The van der Waals surface area contributed by atoms with Gasteiger partial charge < -0.3 is 0 Å². The lowest BCUT2D eigenvalue weighted by Crippen LogP contribution is -2.34. The van der Waals surface area contributed by atoms with E-state index in [1.54, 1.807) is 0 Å². The summed E-state index contributed by atoms with van der Waals surface area (Å²) >= 11 is 0. The Morgan fingerprint density at radius 2 is 0.938 bits per heavy atom. The number of hydrogen-bond donors (Lipinski definition) is 0. The fraction of sp³-hybridized carbons (Fsp3) is 0.308. The molecule has 0 bridgehead atoms. The summed E-state index contributed by atoms with van der Waals surface area (Å²) in [6.45, 7) is 4.52. The lowest BCUT2D eigenvalue weighted by atomic mass is 10.3. The average molecular weight is 444 g/mol. The third-order valence-corrected chi connectivity index (χ3v) is 10.1. The molecule has 32 heavy (non-hydrogen) atoms. The lowest BCUT2D eigenvalue weighted by Gasteiger charge is -2.40. The van der Waals surface area contributed by atoms with E-state index in [9.17, 15) is 0 Å². The molecule has 3 aromatic carbocycles. The molecule has 0 unspecified atom stereocenters. The highest BCUT2D eigenvalue weighted by Crippen LogP contribution is 2.59. The van der Waals surface area contributed by atoms with Gasteiger partial charge in [-0.1, -0.05) is 48.5 Å². The average Bonchev–Trinajstić information content (AvgIpc) is 3.59. The van der Waals surface area contributed by atoms with Gasteiger partial charge in [-0.25, -0.2) is 4.74 Å². The van der Waals surface area contributed by atoms with E-state index in [0.29, 0.717) is 0 Å². The van der Waals surface area contributed by atoms with E-state index in [-0.39, 0.29) is 0 Å². The van der Waals surface area contributed by atoms with Gasteiger partial charge in [0.1, 0.15) is 7.36 Å². The van der Waals surface area contributed by atoms with Crippen molar-refractivity contribution < 1.29 is 0 Å². The van der Waals surface area contributed by atoms with Crippen molar-refractivity contribution in [1.82, 2.24) is 9.34 Å². The van der Waals surface area contributed by atoms with Gasteiger partial charge in [-0.3, -0.25) is 9.34 Å². The zero-order valence-corrected chi connectivity index (χ0v) is 19.3. The standard InChI is InChI=1S/C26H30N5P/c1-3-11-23(12-4-1)27-28-24-15-17-25(18-16-24)29-32(30-19-7-8-20-30,31-21-9-10-22-31)26-13-5-2-6-14-26/h1-6,11-18H,7-10,19-22H2. The van der Waals surface area contributed by atoms with E-state index in [0.717, 1.165) is 43.2 Å². The highest BCUT2D eigenvalue weighted by molar-refractivity contribution is 7.69. The van der Waals surface area contributed by atoms with E-state index >= 15 is 0 Å². The lowest BCUT2D eigenvalue weighted by molar-refractivity contribution is 0.472. The van der Waals surface area contributed by atoms with Gasteiger partial charge in [0.2, 0.25) is 0 Å². The molecule has 0 N–H and O–H groups in total. The van der Waals surface area contributed by atoms with Gasteiger partial charge in [-0.15, -0.1) is 0 Å². The molecule has 0 saturated carbocycles. The summed E-state index contributed by atoms with van der Waals surface area (Å²) in [5, 5.41) is 10.1. The van der Waals surface area contributed by atoms with Crippen molar-refractivity contribution in [3.8, 4) is 0 Å². The fourth-order valence-corrected chi connectivity index (χ4v) is 8.72. The van der Waals surface area contributed by atoms with Crippen molar-refractivity contribution in [2.75, 3.05) is 26.2 Å². The fourth-order valence-electron chi connectivity index (χ4n) is 4.63. The first kappa shape index (κ1) is 21.3. The molecular formula is C26H30N5P. The van der Waals surface area contributed by atoms with Crippen molar-refractivity contribution in [2.24, 2.45) is 15.0 Å². The zero-order chi connectivity index (χ0) is 21.6. The van der Waals surface area contributed by atoms with Crippen molar-refractivity contribution in [2.45, 2.75) is 25.7 Å². The van der Waals surface area contributed by atoms with E-state index in [4.69, 9.17) is 4.74 Å². The second-order valence-corrected chi connectivity index (χ2v) is 11.4. The minimum atomic E-state index is -2.01. The van der Waals surface area contributed by atoms with Crippen LogP contribution in [0.3, 0.4) is 0 Å². The molecule has 5 rings (SSSR count). The molecule has 2 aliphatic heterocycles. The van der Waals surface area contributed by atoms with Gasteiger partial charge in [-0.2, -0.15) is 10.2 Å². The van der Waals surface area contributed by atoms with Gasteiger partial charge in [0.05, 0.1) is 17.1 Å². The maximum Gasteiger partial charge on any atom is 0.132 e. The van der Waals surface area contributed by atoms with Crippen LogP contribution in [0.1, 0.15) is 25.7 Å². The third kappa shape index (κ3) is 4.47. The Morgan fingerprint density at radius 3 is 1.47 bits per heavy atom. The summed E-state index contributed by atoms with van der Waals surface area (Å²) in [6.07, 6.45) is 5.04. The van der Waals surface area contributed by atoms with E-state index < -0.39 is 7.36 Å². The topological polar surface area (TPSA) is 43.6 Å². The predicted molar refractivity (Wildman–Crippen MR) is 134 cm³/mol. The van der Waals surface area contributed by atoms with Gasteiger partial charge in [0.25, 0.3) is 0 Å². The maximum atomic E-state index is 5.57. The van der Waals surface area contributed by atoms with Crippen LogP contribution in [0.5, 0.6) is 0 Å². The van der Waals surface area contributed by atoms with Crippen LogP contribution in [0.15, 0.2) is 99.9 Å². The number of hydrogen-bond acceptors (Lipinski definition) is 3. The summed E-state index contributed by atoms with van der Waals surface area (Å²) in [4.78, 5) is 0. The van der Waals surface area contributed by atoms with Gasteiger partial charge in [-0.05, 0) is 62.1 Å². The van der Waals surface area contributed by atoms with Crippen LogP contribution in [0.4, 0.5) is 17.1 Å². The van der Waals surface area contributed by atoms with E-state index in [1.807, 2.05) is 42.5 Å². The first-order valence-corrected chi connectivity index (χ1v) is 13.2. The Kier molecular flexibility index (Phi) is 6.59. The molecule has 164 valence electrons. The second-order valence-electron chi connectivity index (χ2n) is 8.38. The van der Waals surface area contributed by atoms with Gasteiger partial charge in [0, 0.05) is 31.5 Å². The van der Waals surface area contributed by atoms with E-state index in [2.05, 4.69) is 62.0 Å². The summed E-state index contributed by atoms with van der Waals surface area (Å²) in [5.41, 5.74) is 2.73. The minimum absolute atomic E-state index is 0.846. The number of benzene rings is 3. The normalized spacial score (nSPS) is 17.9. The van der Waals surface area contributed by atoms with Crippen LogP contribution in [-0.4, -0.2) is 35.5 Å². The molecule has 0 amide bonds. The van der Waals surface area contributed by atoms with Crippen molar-refractivity contribution in [3.63, 3.8) is 0 Å². The molecule has 0 atom stereocenters. The molecular weight excluding hydrogens is 413 g/mol. The second kappa shape index (κ2) is 9.91. The molecule has 0 spiro atoms. The van der Waals surface area contributed by atoms with Crippen LogP contribution in [0.25, 0.3) is 0 Å². The van der Waals surface area contributed by atoms with Crippen molar-refractivity contribution in [1.29, 1.82) is 0 Å². The van der Waals surface area contributed by atoms with Crippen LogP contribution in [0.2, 0.25) is 0 Å². The predicted octanol–water partition coefficient (Wildman–Crippen LogP) is 7.28.